The highest BCUT2D eigenvalue weighted by molar-refractivity contribution is 7.89. The van der Waals surface area contributed by atoms with Crippen molar-refractivity contribution in [2.24, 2.45) is 5.92 Å². The molecule has 3 N–H and O–H groups in total. The number of nitrogen functional groups attached to an aromatic ring is 1. The zero-order valence-electron chi connectivity index (χ0n) is 11.4. The molecule has 0 aliphatic carbocycles. The summed E-state index contributed by atoms with van der Waals surface area (Å²) >= 11 is 0. The zero-order valence-corrected chi connectivity index (χ0v) is 12.2. The van der Waals surface area contributed by atoms with Crippen molar-refractivity contribution in [2.45, 2.75) is 17.7 Å². The van der Waals surface area contributed by atoms with Crippen molar-refractivity contribution >= 4 is 21.6 Å². The molecule has 0 bridgehead atoms. The van der Waals surface area contributed by atoms with Crippen LogP contribution in [0.5, 0.6) is 0 Å². The maximum atomic E-state index is 12.5. The number of piperidine rings is 1. The predicted molar refractivity (Wildman–Crippen MR) is 76.4 cm³/mol. The lowest BCUT2D eigenvalue weighted by Gasteiger charge is -2.31. The number of carbonyl (C=O) groups is 1. The molecule has 0 spiro atoms. The third kappa shape index (κ3) is 2.94. The minimum Gasteiger partial charge on any atom is -0.399 e. The molecule has 1 amide bonds. The highest BCUT2D eigenvalue weighted by Gasteiger charge is 2.32. The van der Waals surface area contributed by atoms with Crippen molar-refractivity contribution in [3.63, 3.8) is 0 Å². The van der Waals surface area contributed by atoms with Gasteiger partial charge in [0.2, 0.25) is 15.9 Å². The number of hydrogen-bond acceptors (Lipinski definition) is 4. The summed E-state index contributed by atoms with van der Waals surface area (Å²) in [5, 5.41) is 2.58. The van der Waals surface area contributed by atoms with Crippen LogP contribution in [0.1, 0.15) is 12.8 Å². The van der Waals surface area contributed by atoms with Gasteiger partial charge in [-0.25, -0.2) is 8.42 Å². The van der Waals surface area contributed by atoms with Crippen LogP contribution in [-0.4, -0.2) is 38.8 Å². The van der Waals surface area contributed by atoms with Gasteiger partial charge >= 0.3 is 0 Å². The van der Waals surface area contributed by atoms with E-state index in [1.165, 1.54) is 16.4 Å². The van der Waals surface area contributed by atoms with Crippen LogP contribution in [0.4, 0.5) is 5.69 Å². The average Bonchev–Trinajstić information content (AvgIpc) is 2.46. The molecule has 1 saturated heterocycles. The molecule has 0 saturated carbocycles. The molecule has 1 atom stereocenters. The number of sulfonamides is 1. The average molecular weight is 297 g/mol. The Kier molecular flexibility index (Phi) is 4.29. The van der Waals surface area contributed by atoms with Gasteiger partial charge in [-0.15, -0.1) is 0 Å². The smallest absolute Gasteiger partial charge is 0.243 e. The Hall–Kier alpha value is -1.60. The summed E-state index contributed by atoms with van der Waals surface area (Å²) in [5.74, 6) is -0.401. The molecule has 2 rings (SSSR count). The molecule has 1 aliphatic heterocycles. The number of anilines is 1. The standard InChI is InChI=1S/C13H19N3O3S/c1-15-13(17)10-4-3-7-16(9-10)20(18,19)12-6-2-5-11(14)8-12/h2,5-6,8,10H,3-4,7,9,14H2,1H3,(H,15,17). The molecule has 1 aromatic carbocycles. The van der Waals surface area contributed by atoms with Gasteiger partial charge in [0.25, 0.3) is 0 Å². The van der Waals surface area contributed by atoms with Gasteiger partial charge in [0.15, 0.2) is 0 Å². The third-order valence-electron chi connectivity index (χ3n) is 3.50. The van der Waals surface area contributed by atoms with Crippen molar-refractivity contribution in [3.05, 3.63) is 24.3 Å². The van der Waals surface area contributed by atoms with E-state index in [9.17, 15) is 13.2 Å². The molecule has 6 nitrogen and oxygen atoms in total. The van der Waals surface area contributed by atoms with Crippen LogP contribution in [0, 0.1) is 5.92 Å². The largest absolute Gasteiger partial charge is 0.399 e. The van der Waals surface area contributed by atoms with Crippen LogP contribution in [-0.2, 0) is 14.8 Å². The number of benzene rings is 1. The first-order valence-corrected chi connectivity index (χ1v) is 7.96. The maximum Gasteiger partial charge on any atom is 0.243 e. The molecule has 1 unspecified atom stereocenters. The Morgan fingerprint density at radius 1 is 1.45 bits per heavy atom. The Labute approximate surface area is 119 Å². The molecule has 1 aliphatic rings. The SMILES string of the molecule is CNC(=O)C1CCCN(S(=O)(=O)c2cccc(N)c2)C1. The Balaban J connectivity index is 2.23. The van der Waals surface area contributed by atoms with E-state index < -0.39 is 10.0 Å². The second-order valence-electron chi connectivity index (χ2n) is 4.89. The number of nitrogens with zero attached hydrogens (tertiary/aromatic N) is 1. The Morgan fingerprint density at radius 2 is 2.20 bits per heavy atom. The van der Waals surface area contributed by atoms with Crippen molar-refractivity contribution in [2.75, 3.05) is 25.9 Å². The molecule has 110 valence electrons. The minimum atomic E-state index is -3.59. The third-order valence-corrected chi connectivity index (χ3v) is 5.36. The van der Waals surface area contributed by atoms with Gasteiger partial charge in [-0.1, -0.05) is 6.07 Å². The fraction of sp³-hybridized carbons (Fsp3) is 0.462. The first-order chi connectivity index (χ1) is 9.45. The van der Waals surface area contributed by atoms with Crippen LogP contribution in [0.25, 0.3) is 0 Å². The van der Waals surface area contributed by atoms with E-state index in [1.807, 2.05) is 0 Å². The number of rotatable bonds is 3. The number of hydrogen-bond donors (Lipinski definition) is 2. The van der Waals surface area contributed by atoms with Crippen LogP contribution in [0.15, 0.2) is 29.2 Å². The predicted octanol–water partition coefficient (Wildman–Crippen LogP) is 0.416. The van der Waals surface area contributed by atoms with Gasteiger partial charge in [0, 0.05) is 25.8 Å². The minimum absolute atomic E-state index is 0.113. The van der Waals surface area contributed by atoms with Crippen LogP contribution >= 0.6 is 0 Å². The molecule has 20 heavy (non-hydrogen) atoms. The Morgan fingerprint density at radius 3 is 2.85 bits per heavy atom. The van der Waals surface area contributed by atoms with Crippen molar-refractivity contribution in [1.82, 2.24) is 9.62 Å². The molecule has 0 radical (unpaired) electrons. The van der Waals surface area contributed by atoms with E-state index in [0.717, 1.165) is 0 Å². The van der Waals surface area contributed by atoms with Gasteiger partial charge in [-0.2, -0.15) is 4.31 Å². The summed E-state index contributed by atoms with van der Waals surface area (Å²) in [6.45, 7) is 0.654. The fourth-order valence-electron chi connectivity index (χ4n) is 2.40. The summed E-state index contributed by atoms with van der Waals surface area (Å²) in [7, 11) is -2.02. The number of carbonyl (C=O) groups excluding carboxylic acids is 1. The lowest BCUT2D eigenvalue weighted by Crippen LogP contribution is -2.44. The maximum absolute atomic E-state index is 12.5. The summed E-state index contributed by atoms with van der Waals surface area (Å²) in [4.78, 5) is 11.9. The number of amides is 1. The van der Waals surface area contributed by atoms with E-state index in [1.54, 1.807) is 19.2 Å². The van der Waals surface area contributed by atoms with E-state index in [-0.39, 0.29) is 23.3 Å². The molecule has 1 heterocycles. The van der Waals surface area contributed by atoms with Gasteiger partial charge in [-0.05, 0) is 31.0 Å². The van der Waals surface area contributed by atoms with E-state index >= 15 is 0 Å². The monoisotopic (exact) mass is 297 g/mol. The number of nitrogens with two attached hydrogens (primary N) is 1. The zero-order chi connectivity index (χ0) is 14.8. The van der Waals surface area contributed by atoms with Crippen LogP contribution in [0.2, 0.25) is 0 Å². The van der Waals surface area contributed by atoms with Gasteiger partial charge in [0.1, 0.15) is 0 Å². The second-order valence-corrected chi connectivity index (χ2v) is 6.83. The highest BCUT2D eigenvalue weighted by atomic mass is 32.2. The lowest BCUT2D eigenvalue weighted by atomic mass is 9.99. The van der Waals surface area contributed by atoms with Gasteiger partial charge in [0.05, 0.1) is 10.8 Å². The second kappa shape index (κ2) is 5.80. The number of nitrogens with one attached hydrogen (secondary N) is 1. The topological polar surface area (TPSA) is 92.5 Å². The summed E-state index contributed by atoms with van der Waals surface area (Å²) in [6, 6.07) is 6.22. The van der Waals surface area contributed by atoms with E-state index in [0.29, 0.717) is 25.1 Å². The van der Waals surface area contributed by atoms with E-state index in [4.69, 9.17) is 5.73 Å². The first kappa shape index (κ1) is 14.8. The van der Waals surface area contributed by atoms with Crippen LogP contribution < -0.4 is 11.1 Å². The molecular formula is C13H19N3O3S. The molecule has 1 aromatic rings. The lowest BCUT2D eigenvalue weighted by molar-refractivity contribution is -0.125. The summed E-state index contributed by atoms with van der Waals surface area (Å²) < 4.78 is 26.4. The van der Waals surface area contributed by atoms with Crippen molar-refractivity contribution in [1.29, 1.82) is 0 Å². The molecule has 1 fully saturated rings. The normalized spacial score (nSPS) is 20.6. The van der Waals surface area contributed by atoms with Gasteiger partial charge in [-0.3, -0.25) is 4.79 Å². The first-order valence-electron chi connectivity index (χ1n) is 6.52. The summed E-state index contributed by atoms with van der Waals surface area (Å²) in [5.41, 5.74) is 6.04. The summed E-state index contributed by atoms with van der Waals surface area (Å²) in [6.07, 6.45) is 1.39. The molecule has 0 aromatic heterocycles. The fourth-order valence-corrected chi connectivity index (χ4v) is 3.98. The van der Waals surface area contributed by atoms with E-state index in [2.05, 4.69) is 5.32 Å². The van der Waals surface area contributed by atoms with Crippen LogP contribution in [0.3, 0.4) is 0 Å². The van der Waals surface area contributed by atoms with Crippen molar-refractivity contribution in [3.8, 4) is 0 Å². The quantitative estimate of drug-likeness (QED) is 0.791. The van der Waals surface area contributed by atoms with Gasteiger partial charge < -0.3 is 11.1 Å². The molecular weight excluding hydrogens is 278 g/mol. The Bertz CT molecular complexity index is 601. The molecule has 7 heteroatoms. The van der Waals surface area contributed by atoms with Crippen molar-refractivity contribution < 1.29 is 13.2 Å². The highest BCUT2D eigenvalue weighted by Crippen LogP contribution is 2.24.